The molecule has 0 rings (SSSR count). The van der Waals surface area contributed by atoms with Crippen molar-refractivity contribution in [2.45, 2.75) is 17.6 Å². The molecule has 0 spiro atoms. The van der Waals surface area contributed by atoms with Crippen molar-refractivity contribution in [1.82, 2.24) is 0 Å². The van der Waals surface area contributed by atoms with Gasteiger partial charge in [-0.2, -0.15) is 26.0 Å². The molecule has 0 saturated heterocycles. The maximum atomic E-state index is 12.7. The van der Waals surface area contributed by atoms with E-state index in [-0.39, 0.29) is 0 Å². The summed E-state index contributed by atoms with van der Waals surface area (Å²) in [5, 5.41) is -5.83. The molecule has 0 radical (unpaired) electrons. The van der Waals surface area contributed by atoms with Crippen LogP contribution in [0.25, 0.3) is 0 Å². The van der Waals surface area contributed by atoms with Gasteiger partial charge in [0.2, 0.25) is 0 Å². The van der Waals surface area contributed by atoms with E-state index in [1.807, 2.05) is 0 Å². The molecule has 17 heavy (non-hydrogen) atoms. The van der Waals surface area contributed by atoms with Gasteiger partial charge < -0.3 is 4.55 Å². The van der Waals surface area contributed by atoms with Gasteiger partial charge in [0.15, 0.2) is 10.1 Å². The molecule has 104 valence electrons. The van der Waals surface area contributed by atoms with Crippen LogP contribution in [0.5, 0.6) is 0 Å². The van der Waals surface area contributed by atoms with E-state index in [1.54, 1.807) is 0 Å². The zero-order valence-corrected chi connectivity index (χ0v) is 9.83. The summed E-state index contributed by atoms with van der Waals surface area (Å²) < 4.78 is 104. The second-order valence-corrected chi connectivity index (χ2v) is 6.02. The van der Waals surface area contributed by atoms with Crippen LogP contribution in [0.2, 0.25) is 0 Å². The summed E-state index contributed by atoms with van der Waals surface area (Å²) in [6, 6.07) is 0. The first kappa shape index (κ1) is 16.5. The molecule has 0 fully saturated rings. The lowest BCUT2D eigenvalue weighted by atomic mass is 10.2. The summed E-state index contributed by atoms with van der Waals surface area (Å²) in [4.78, 5) is 0. The summed E-state index contributed by atoms with van der Waals surface area (Å²) in [6.07, 6.45) is -1.46. The van der Waals surface area contributed by atoms with Crippen molar-refractivity contribution in [3.05, 3.63) is 0 Å². The van der Waals surface area contributed by atoms with E-state index in [4.69, 9.17) is 0 Å². The van der Waals surface area contributed by atoms with E-state index in [0.29, 0.717) is 6.26 Å². The predicted octanol–water partition coefficient (Wildman–Crippen LogP) is 0.126. The highest BCUT2D eigenvalue weighted by molar-refractivity contribution is 7.86. The first-order chi connectivity index (χ1) is 7.21. The van der Waals surface area contributed by atoms with Crippen LogP contribution in [-0.4, -0.2) is 45.4 Å². The maximum Gasteiger partial charge on any atom is 0.396 e. The van der Waals surface area contributed by atoms with Gasteiger partial charge in [-0.05, 0) is 0 Å². The van der Waals surface area contributed by atoms with Gasteiger partial charge in [0.25, 0.3) is 10.1 Å². The molecule has 0 N–H and O–H groups in total. The third kappa shape index (κ3) is 4.37. The van der Waals surface area contributed by atoms with E-state index < -0.39 is 44.4 Å². The Kier molecular flexibility index (Phi) is 4.54. The molecule has 0 aromatic heterocycles. The van der Waals surface area contributed by atoms with Crippen LogP contribution < -0.4 is 0 Å². The Balaban J connectivity index is 4.82. The molecule has 6 nitrogen and oxygen atoms in total. The molecule has 0 bridgehead atoms. The van der Waals surface area contributed by atoms with Crippen LogP contribution in [0.3, 0.4) is 0 Å². The van der Waals surface area contributed by atoms with E-state index in [1.165, 1.54) is 0 Å². The van der Waals surface area contributed by atoms with Gasteiger partial charge in [-0.3, -0.25) is 4.18 Å². The quantitative estimate of drug-likeness (QED) is 0.392. The number of rotatable bonds is 6. The van der Waals surface area contributed by atoms with Gasteiger partial charge >= 0.3 is 11.2 Å². The minimum absolute atomic E-state index is 0.480. The highest BCUT2D eigenvalue weighted by Gasteiger charge is 2.61. The maximum absolute atomic E-state index is 12.7. The minimum Gasteiger partial charge on any atom is -0.743 e. The lowest BCUT2D eigenvalue weighted by molar-refractivity contribution is -0.167. The smallest absolute Gasteiger partial charge is 0.396 e. The molecule has 0 aliphatic rings. The summed E-state index contributed by atoms with van der Waals surface area (Å²) in [5.41, 5.74) is 0. The first-order valence-corrected chi connectivity index (χ1v) is 6.99. The van der Waals surface area contributed by atoms with Gasteiger partial charge in [-0.1, -0.05) is 0 Å². The summed E-state index contributed by atoms with van der Waals surface area (Å²) in [7, 11) is -10.7. The van der Waals surface area contributed by atoms with Crippen LogP contribution >= 0.6 is 0 Å². The van der Waals surface area contributed by atoms with Crippen molar-refractivity contribution in [2.24, 2.45) is 0 Å². The highest BCUT2D eigenvalue weighted by atomic mass is 32.2. The average molecular weight is 303 g/mol. The summed E-state index contributed by atoms with van der Waals surface area (Å²) in [6.45, 7) is -1.38. The molecular formula is C5H7F4O6S2-. The average Bonchev–Trinajstić information content (AvgIpc) is 1.98. The fourth-order valence-corrected chi connectivity index (χ4v) is 1.50. The first-order valence-electron chi connectivity index (χ1n) is 3.76. The molecule has 0 aliphatic carbocycles. The van der Waals surface area contributed by atoms with Crippen LogP contribution in [0.1, 0.15) is 6.42 Å². The van der Waals surface area contributed by atoms with Crippen LogP contribution in [0.4, 0.5) is 17.6 Å². The second-order valence-electron chi connectivity index (χ2n) is 2.95. The minimum atomic E-state index is -6.56. The standard InChI is InChI=1S/C5H8F4O6S2/c1-16(10,11)15-3-2-4(6,7)5(8,9)17(12,13)14/h2-3H2,1H3,(H,12,13,14)/p-1. The van der Waals surface area contributed by atoms with Gasteiger partial charge in [-0.25, -0.2) is 8.42 Å². The largest absolute Gasteiger partial charge is 0.743 e. The zero-order chi connectivity index (χ0) is 14.1. The Morgan fingerprint density at radius 2 is 1.53 bits per heavy atom. The third-order valence-electron chi connectivity index (χ3n) is 1.45. The Labute approximate surface area is 94.4 Å². The Morgan fingerprint density at radius 1 is 1.12 bits per heavy atom. The molecule has 0 aromatic carbocycles. The fraction of sp³-hybridized carbons (Fsp3) is 1.00. The normalized spacial score (nSPS) is 14.9. The van der Waals surface area contributed by atoms with E-state index >= 15 is 0 Å². The van der Waals surface area contributed by atoms with E-state index in [9.17, 15) is 39.0 Å². The lowest BCUT2D eigenvalue weighted by Crippen LogP contribution is -2.47. The number of hydrogen-bond donors (Lipinski definition) is 0. The molecule has 12 heteroatoms. The van der Waals surface area contributed by atoms with Crippen molar-refractivity contribution < 1.29 is 43.1 Å². The predicted molar refractivity (Wildman–Crippen MR) is 45.0 cm³/mol. The van der Waals surface area contributed by atoms with Crippen LogP contribution in [0, 0.1) is 0 Å². The molecule has 0 atom stereocenters. The fourth-order valence-electron chi connectivity index (χ4n) is 0.650. The molecular weight excluding hydrogens is 296 g/mol. The molecule has 0 amide bonds. The molecule has 0 heterocycles. The van der Waals surface area contributed by atoms with Crippen molar-refractivity contribution in [2.75, 3.05) is 12.9 Å². The second kappa shape index (κ2) is 4.66. The topological polar surface area (TPSA) is 101 Å². The van der Waals surface area contributed by atoms with Crippen LogP contribution in [-0.2, 0) is 24.4 Å². The number of hydrogen-bond acceptors (Lipinski definition) is 6. The van der Waals surface area contributed by atoms with Crippen molar-refractivity contribution in [1.29, 1.82) is 0 Å². The molecule has 0 saturated carbocycles. The number of halogens is 4. The van der Waals surface area contributed by atoms with Gasteiger partial charge in [0.1, 0.15) is 0 Å². The van der Waals surface area contributed by atoms with Gasteiger partial charge in [0.05, 0.1) is 12.9 Å². The molecule has 0 unspecified atom stereocenters. The summed E-state index contributed by atoms with van der Waals surface area (Å²) in [5.74, 6) is -5.22. The Bertz CT molecular complexity index is 467. The monoisotopic (exact) mass is 303 g/mol. The molecule has 0 aliphatic heterocycles. The van der Waals surface area contributed by atoms with Crippen molar-refractivity contribution in [3.63, 3.8) is 0 Å². The number of alkyl halides is 4. The Hall–Kier alpha value is -0.460. The SMILES string of the molecule is CS(=O)(=O)OCCC(F)(F)C(F)(F)S(=O)(=O)[O-]. The van der Waals surface area contributed by atoms with Gasteiger partial charge in [0, 0.05) is 6.42 Å². The van der Waals surface area contributed by atoms with Crippen molar-refractivity contribution in [3.8, 4) is 0 Å². The van der Waals surface area contributed by atoms with Crippen LogP contribution in [0.15, 0.2) is 0 Å². The van der Waals surface area contributed by atoms with E-state index in [2.05, 4.69) is 4.18 Å². The van der Waals surface area contributed by atoms with E-state index in [0.717, 1.165) is 0 Å². The highest BCUT2D eigenvalue weighted by Crippen LogP contribution is 2.40. The van der Waals surface area contributed by atoms with Gasteiger partial charge in [-0.15, -0.1) is 0 Å². The molecule has 0 aromatic rings. The zero-order valence-electron chi connectivity index (χ0n) is 8.19. The van der Waals surface area contributed by atoms with Crippen molar-refractivity contribution >= 4 is 20.2 Å². The Morgan fingerprint density at radius 3 is 1.82 bits per heavy atom. The summed E-state index contributed by atoms with van der Waals surface area (Å²) >= 11 is 0. The third-order valence-corrected chi connectivity index (χ3v) is 2.97. The lowest BCUT2D eigenvalue weighted by Gasteiger charge is -2.27.